The summed E-state index contributed by atoms with van der Waals surface area (Å²) in [4.78, 5) is 27.0. The standard InChI is InChI=1S/C21H23N7O/c1-2-18(29)28-9-3-4-13(28)11-17-25-19-14-6-5-12(15-7-8-23-27-15)10-16(14)24-21(22)20(19)26-17/h5-8,10,13H,2-4,9,11H2,1H3,(H2,22,24)(H,23,27)(H,25,26). The van der Waals surface area contributed by atoms with E-state index in [4.69, 9.17) is 10.7 Å². The van der Waals surface area contributed by atoms with E-state index in [1.54, 1.807) is 6.20 Å². The van der Waals surface area contributed by atoms with Crippen molar-refractivity contribution in [3.63, 3.8) is 0 Å². The van der Waals surface area contributed by atoms with Crippen molar-refractivity contribution in [1.29, 1.82) is 0 Å². The van der Waals surface area contributed by atoms with Gasteiger partial charge in [0, 0.05) is 42.6 Å². The fourth-order valence-electron chi connectivity index (χ4n) is 4.30. The van der Waals surface area contributed by atoms with E-state index in [1.165, 1.54) is 0 Å². The number of imidazole rings is 1. The van der Waals surface area contributed by atoms with Gasteiger partial charge in [0.25, 0.3) is 0 Å². The Morgan fingerprint density at radius 1 is 1.31 bits per heavy atom. The van der Waals surface area contributed by atoms with Gasteiger partial charge in [0.05, 0.1) is 11.2 Å². The molecule has 4 aromatic rings. The average molecular weight is 389 g/mol. The molecule has 8 heteroatoms. The highest BCUT2D eigenvalue weighted by atomic mass is 16.2. The third kappa shape index (κ3) is 3.00. The number of carbonyl (C=O) groups is 1. The van der Waals surface area contributed by atoms with Crippen LogP contribution in [0.1, 0.15) is 32.0 Å². The molecule has 8 nitrogen and oxygen atoms in total. The quantitative estimate of drug-likeness (QED) is 0.496. The molecule has 4 heterocycles. The summed E-state index contributed by atoms with van der Waals surface area (Å²) in [6.07, 6.45) is 5.01. The molecule has 1 amide bonds. The van der Waals surface area contributed by atoms with E-state index in [9.17, 15) is 4.79 Å². The van der Waals surface area contributed by atoms with Crippen LogP contribution in [-0.4, -0.2) is 48.5 Å². The molecule has 0 saturated carbocycles. The molecule has 1 atom stereocenters. The summed E-state index contributed by atoms with van der Waals surface area (Å²) in [5, 5.41) is 7.93. The number of nitrogen functional groups attached to an aromatic ring is 1. The number of likely N-dealkylation sites (tertiary alicyclic amines) is 1. The zero-order valence-corrected chi connectivity index (χ0v) is 16.3. The maximum absolute atomic E-state index is 12.2. The number of fused-ring (bicyclic) bond motifs is 3. The first-order chi connectivity index (χ1) is 14.1. The lowest BCUT2D eigenvalue weighted by molar-refractivity contribution is -0.131. The van der Waals surface area contributed by atoms with Crippen LogP contribution in [0.3, 0.4) is 0 Å². The zero-order valence-electron chi connectivity index (χ0n) is 16.3. The van der Waals surface area contributed by atoms with Crippen LogP contribution in [0.4, 0.5) is 5.82 Å². The number of carbonyl (C=O) groups excluding carboxylic acids is 1. The van der Waals surface area contributed by atoms with Gasteiger partial charge in [-0.3, -0.25) is 9.89 Å². The molecule has 148 valence electrons. The number of nitrogens with zero attached hydrogens (tertiary/aromatic N) is 4. The average Bonchev–Trinajstić information content (AvgIpc) is 3.48. The number of aromatic amines is 2. The Balaban J connectivity index is 1.53. The van der Waals surface area contributed by atoms with Crippen LogP contribution in [-0.2, 0) is 11.2 Å². The normalized spacial score (nSPS) is 16.9. The van der Waals surface area contributed by atoms with Gasteiger partial charge in [0.2, 0.25) is 5.91 Å². The van der Waals surface area contributed by atoms with Crippen molar-refractivity contribution in [3.8, 4) is 11.3 Å². The maximum atomic E-state index is 12.2. The molecular weight excluding hydrogens is 366 g/mol. The number of aromatic nitrogens is 5. The molecule has 0 spiro atoms. The first kappa shape index (κ1) is 17.7. The Labute approximate surface area is 167 Å². The Hall–Kier alpha value is -3.42. The van der Waals surface area contributed by atoms with E-state index in [2.05, 4.69) is 20.2 Å². The van der Waals surface area contributed by atoms with E-state index in [-0.39, 0.29) is 11.9 Å². The molecule has 1 unspecified atom stereocenters. The fourth-order valence-corrected chi connectivity index (χ4v) is 4.30. The van der Waals surface area contributed by atoms with Gasteiger partial charge >= 0.3 is 0 Å². The van der Waals surface area contributed by atoms with Crippen LogP contribution in [0, 0.1) is 0 Å². The van der Waals surface area contributed by atoms with Gasteiger partial charge in [-0.2, -0.15) is 5.10 Å². The van der Waals surface area contributed by atoms with Gasteiger partial charge in [-0.1, -0.05) is 13.0 Å². The van der Waals surface area contributed by atoms with Crippen LogP contribution in [0.25, 0.3) is 33.2 Å². The molecule has 0 bridgehead atoms. The largest absolute Gasteiger partial charge is 0.382 e. The smallest absolute Gasteiger partial charge is 0.222 e. The highest BCUT2D eigenvalue weighted by Gasteiger charge is 2.28. The summed E-state index contributed by atoms with van der Waals surface area (Å²) in [6, 6.07) is 8.15. The van der Waals surface area contributed by atoms with Crippen LogP contribution in [0.15, 0.2) is 30.5 Å². The Kier molecular flexibility index (Phi) is 4.19. The molecule has 0 aliphatic carbocycles. The second-order valence-electron chi connectivity index (χ2n) is 7.55. The molecule has 5 rings (SSSR count). The predicted octanol–water partition coefficient (Wildman–Crippen LogP) is 3.03. The second-order valence-corrected chi connectivity index (χ2v) is 7.55. The topological polar surface area (TPSA) is 117 Å². The zero-order chi connectivity index (χ0) is 20.0. The number of pyridine rings is 1. The molecule has 29 heavy (non-hydrogen) atoms. The van der Waals surface area contributed by atoms with Crippen molar-refractivity contribution in [2.75, 3.05) is 12.3 Å². The van der Waals surface area contributed by atoms with Gasteiger partial charge in [-0.15, -0.1) is 0 Å². The predicted molar refractivity (Wildman–Crippen MR) is 112 cm³/mol. The van der Waals surface area contributed by atoms with Gasteiger partial charge < -0.3 is 15.6 Å². The summed E-state index contributed by atoms with van der Waals surface area (Å²) in [7, 11) is 0. The Morgan fingerprint density at radius 3 is 3.00 bits per heavy atom. The number of amides is 1. The third-order valence-corrected chi connectivity index (χ3v) is 5.74. The van der Waals surface area contributed by atoms with Crippen molar-refractivity contribution >= 4 is 33.7 Å². The van der Waals surface area contributed by atoms with E-state index in [1.807, 2.05) is 36.1 Å². The molecule has 1 aliphatic rings. The summed E-state index contributed by atoms with van der Waals surface area (Å²) < 4.78 is 0. The number of hydrogen-bond acceptors (Lipinski definition) is 5. The fraction of sp³-hybridized carbons (Fsp3) is 0.333. The molecule has 0 radical (unpaired) electrons. The first-order valence-corrected chi connectivity index (χ1v) is 10.0. The van der Waals surface area contributed by atoms with Crippen molar-refractivity contribution in [3.05, 3.63) is 36.3 Å². The van der Waals surface area contributed by atoms with Gasteiger partial charge in [-0.05, 0) is 31.0 Å². The highest BCUT2D eigenvalue weighted by Crippen LogP contribution is 2.30. The van der Waals surface area contributed by atoms with Gasteiger partial charge in [-0.25, -0.2) is 9.97 Å². The number of benzene rings is 1. The van der Waals surface area contributed by atoms with E-state index < -0.39 is 0 Å². The SMILES string of the molecule is CCC(=O)N1CCCC1Cc1nc2c([nH]1)c(N)nc1cc(-c3ccn[nH]3)ccc12. The molecule has 1 aromatic carbocycles. The summed E-state index contributed by atoms with van der Waals surface area (Å²) in [5.41, 5.74) is 10.5. The molecule has 3 aromatic heterocycles. The minimum Gasteiger partial charge on any atom is -0.382 e. The Bertz CT molecular complexity index is 1190. The molecule has 4 N–H and O–H groups in total. The minimum absolute atomic E-state index is 0.190. The summed E-state index contributed by atoms with van der Waals surface area (Å²) in [6.45, 7) is 2.75. The molecular formula is C21H23N7O. The molecule has 1 saturated heterocycles. The van der Waals surface area contributed by atoms with Crippen LogP contribution in [0.5, 0.6) is 0 Å². The summed E-state index contributed by atoms with van der Waals surface area (Å²) >= 11 is 0. The molecule has 1 aliphatic heterocycles. The number of hydrogen-bond donors (Lipinski definition) is 3. The molecule has 1 fully saturated rings. The number of anilines is 1. The number of H-pyrrole nitrogens is 2. The van der Waals surface area contributed by atoms with E-state index in [0.717, 1.165) is 58.4 Å². The van der Waals surface area contributed by atoms with Crippen molar-refractivity contribution in [2.45, 2.75) is 38.6 Å². The highest BCUT2D eigenvalue weighted by molar-refractivity contribution is 6.07. The number of nitrogens with one attached hydrogen (secondary N) is 2. The second kappa shape index (κ2) is 6.88. The number of rotatable bonds is 4. The number of nitrogens with two attached hydrogens (primary N) is 1. The van der Waals surface area contributed by atoms with Crippen molar-refractivity contribution < 1.29 is 4.79 Å². The maximum Gasteiger partial charge on any atom is 0.222 e. The lowest BCUT2D eigenvalue weighted by atomic mass is 10.1. The Morgan fingerprint density at radius 2 is 2.21 bits per heavy atom. The first-order valence-electron chi connectivity index (χ1n) is 10.0. The van der Waals surface area contributed by atoms with Crippen molar-refractivity contribution in [1.82, 2.24) is 30.0 Å². The monoisotopic (exact) mass is 389 g/mol. The van der Waals surface area contributed by atoms with Crippen molar-refractivity contribution in [2.24, 2.45) is 0 Å². The lowest BCUT2D eigenvalue weighted by Crippen LogP contribution is -2.36. The van der Waals surface area contributed by atoms with E-state index >= 15 is 0 Å². The van der Waals surface area contributed by atoms with Crippen LogP contribution in [0.2, 0.25) is 0 Å². The summed E-state index contributed by atoms with van der Waals surface area (Å²) in [5.74, 6) is 1.49. The van der Waals surface area contributed by atoms with E-state index in [0.29, 0.717) is 18.7 Å². The van der Waals surface area contributed by atoms with Gasteiger partial charge in [0.15, 0.2) is 0 Å². The lowest BCUT2D eigenvalue weighted by Gasteiger charge is -2.23. The van der Waals surface area contributed by atoms with Crippen LogP contribution < -0.4 is 5.73 Å². The minimum atomic E-state index is 0.190. The van der Waals surface area contributed by atoms with Gasteiger partial charge in [0.1, 0.15) is 22.7 Å². The third-order valence-electron chi connectivity index (χ3n) is 5.74. The van der Waals surface area contributed by atoms with Crippen LogP contribution >= 0.6 is 0 Å².